The van der Waals surface area contributed by atoms with Crippen molar-refractivity contribution in [2.75, 3.05) is 0 Å². The highest BCUT2D eigenvalue weighted by molar-refractivity contribution is 5.49. The topological polar surface area (TPSA) is 64.3 Å². The molecule has 0 saturated carbocycles. The summed E-state index contributed by atoms with van der Waals surface area (Å²) in [5.74, 6) is 1.95. The van der Waals surface area contributed by atoms with Gasteiger partial charge >= 0.3 is 0 Å². The van der Waals surface area contributed by atoms with Crippen LogP contribution >= 0.6 is 0 Å². The summed E-state index contributed by atoms with van der Waals surface area (Å²) in [6, 6.07) is 0. The van der Waals surface area contributed by atoms with Gasteiger partial charge in [-0.2, -0.15) is 5.10 Å². The summed E-state index contributed by atoms with van der Waals surface area (Å²) in [6.45, 7) is 5.03. The van der Waals surface area contributed by atoms with Crippen LogP contribution in [0, 0.1) is 6.92 Å². The summed E-state index contributed by atoms with van der Waals surface area (Å²) in [5, 5.41) is 4.30. The van der Waals surface area contributed by atoms with E-state index in [4.69, 9.17) is 0 Å². The molecular weight excluding hydrogens is 276 g/mol. The van der Waals surface area contributed by atoms with E-state index in [0.717, 1.165) is 36.7 Å². The fourth-order valence-electron chi connectivity index (χ4n) is 2.51. The van der Waals surface area contributed by atoms with E-state index in [2.05, 4.69) is 38.5 Å². The minimum Gasteiger partial charge on any atom is -0.339 e. The SMILES string of the molecule is CCCCc1ncc(-c2nccn2Cc2cnn(C)c2C)[nH]1. The lowest BCUT2D eigenvalue weighted by Crippen LogP contribution is -2.03. The standard InChI is InChI=1S/C16H22N6/c1-4-5-6-15-18-10-14(20-15)16-17-7-8-22(16)11-13-9-19-21(3)12(13)2/h7-10H,4-6,11H2,1-3H3,(H,18,20). The quantitative estimate of drug-likeness (QED) is 0.761. The highest BCUT2D eigenvalue weighted by Crippen LogP contribution is 2.18. The number of nitrogens with zero attached hydrogens (tertiary/aromatic N) is 5. The molecule has 0 amide bonds. The minimum atomic E-state index is 0.762. The molecule has 0 atom stereocenters. The van der Waals surface area contributed by atoms with Gasteiger partial charge in [0.15, 0.2) is 5.82 Å². The second kappa shape index (κ2) is 6.17. The molecule has 0 radical (unpaired) electrons. The summed E-state index contributed by atoms with van der Waals surface area (Å²) in [5.41, 5.74) is 3.35. The number of rotatable bonds is 6. The van der Waals surface area contributed by atoms with Crippen molar-refractivity contribution in [2.24, 2.45) is 7.05 Å². The zero-order valence-corrected chi connectivity index (χ0v) is 13.4. The van der Waals surface area contributed by atoms with Crippen molar-refractivity contribution in [3.05, 3.63) is 41.9 Å². The molecule has 6 heteroatoms. The highest BCUT2D eigenvalue weighted by Gasteiger charge is 2.12. The Labute approximate surface area is 130 Å². The van der Waals surface area contributed by atoms with Gasteiger partial charge in [-0.25, -0.2) is 9.97 Å². The molecule has 0 spiro atoms. The number of imidazole rings is 2. The van der Waals surface area contributed by atoms with Crippen LogP contribution in [0.5, 0.6) is 0 Å². The Kier molecular flexibility index (Phi) is 4.09. The number of unbranched alkanes of at least 4 members (excludes halogenated alkanes) is 1. The molecule has 0 fully saturated rings. The normalized spacial score (nSPS) is 11.2. The molecule has 22 heavy (non-hydrogen) atoms. The van der Waals surface area contributed by atoms with Crippen molar-refractivity contribution in [2.45, 2.75) is 39.7 Å². The minimum absolute atomic E-state index is 0.762. The van der Waals surface area contributed by atoms with Crippen molar-refractivity contribution in [3.8, 4) is 11.5 Å². The monoisotopic (exact) mass is 298 g/mol. The molecular formula is C16H22N6. The van der Waals surface area contributed by atoms with Gasteiger partial charge in [-0.3, -0.25) is 4.68 Å². The van der Waals surface area contributed by atoms with E-state index in [1.807, 2.05) is 36.5 Å². The van der Waals surface area contributed by atoms with E-state index in [1.165, 1.54) is 17.7 Å². The molecule has 3 heterocycles. The highest BCUT2D eigenvalue weighted by atomic mass is 15.3. The van der Waals surface area contributed by atoms with Crippen LogP contribution in [0.15, 0.2) is 24.8 Å². The number of hydrogen-bond donors (Lipinski definition) is 1. The largest absolute Gasteiger partial charge is 0.339 e. The average molecular weight is 298 g/mol. The Morgan fingerprint density at radius 2 is 2.09 bits per heavy atom. The Morgan fingerprint density at radius 3 is 2.82 bits per heavy atom. The average Bonchev–Trinajstić information content (AvgIpc) is 3.22. The molecule has 3 rings (SSSR count). The summed E-state index contributed by atoms with van der Waals surface area (Å²) in [6.07, 6.45) is 10.9. The van der Waals surface area contributed by atoms with Crippen molar-refractivity contribution in [1.29, 1.82) is 0 Å². The van der Waals surface area contributed by atoms with Gasteiger partial charge in [0.1, 0.15) is 11.5 Å². The first-order valence-corrected chi connectivity index (χ1v) is 7.72. The van der Waals surface area contributed by atoms with Gasteiger partial charge < -0.3 is 9.55 Å². The molecule has 3 aromatic heterocycles. The van der Waals surface area contributed by atoms with E-state index < -0.39 is 0 Å². The number of aryl methyl sites for hydroxylation is 2. The first-order chi connectivity index (χ1) is 10.7. The van der Waals surface area contributed by atoms with Gasteiger partial charge in [-0.15, -0.1) is 0 Å². The summed E-state index contributed by atoms with van der Waals surface area (Å²) in [7, 11) is 1.96. The lowest BCUT2D eigenvalue weighted by molar-refractivity contribution is 0.731. The van der Waals surface area contributed by atoms with E-state index in [-0.39, 0.29) is 0 Å². The third kappa shape index (κ3) is 2.81. The van der Waals surface area contributed by atoms with Gasteiger partial charge in [0.05, 0.1) is 18.9 Å². The van der Waals surface area contributed by atoms with Gasteiger partial charge in [0.25, 0.3) is 0 Å². The smallest absolute Gasteiger partial charge is 0.158 e. The predicted molar refractivity (Wildman–Crippen MR) is 85.5 cm³/mol. The Bertz CT molecular complexity index is 748. The van der Waals surface area contributed by atoms with E-state index >= 15 is 0 Å². The molecule has 0 aliphatic heterocycles. The molecule has 0 saturated heterocycles. The van der Waals surface area contributed by atoms with E-state index in [9.17, 15) is 0 Å². The van der Waals surface area contributed by atoms with Crippen LogP contribution in [0.4, 0.5) is 0 Å². The fraction of sp³-hybridized carbons (Fsp3) is 0.438. The van der Waals surface area contributed by atoms with Crippen molar-refractivity contribution >= 4 is 0 Å². The maximum absolute atomic E-state index is 4.48. The summed E-state index contributed by atoms with van der Waals surface area (Å²) >= 11 is 0. The van der Waals surface area contributed by atoms with Crippen molar-refractivity contribution in [3.63, 3.8) is 0 Å². The number of aromatic amines is 1. The number of hydrogen-bond acceptors (Lipinski definition) is 3. The predicted octanol–water partition coefficient (Wildman–Crippen LogP) is 2.71. The van der Waals surface area contributed by atoms with Crippen LogP contribution in [0.1, 0.15) is 36.8 Å². The molecule has 3 aromatic rings. The van der Waals surface area contributed by atoms with Gasteiger partial charge in [0, 0.05) is 37.1 Å². The number of nitrogens with one attached hydrogen (secondary N) is 1. The van der Waals surface area contributed by atoms with Crippen LogP contribution in [0.2, 0.25) is 0 Å². The van der Waals surface area contributed by atoms with Crippen molar-refractivity contribution < 1.29 is 0 Å². The maximum Gasteiger partial charge on any atom is 0.158 e. The lowest BCUT2D eigenvalue weighted by atomic mass is 10.2. The van der Waals surface area contributed by atoms with Gasteiger partial charge in [-0.1, -0.05) is 13.3 Å². The molecule has 0 unspecified atom stereocenters. The molecule has 0 bridgehead atoms. The molecule has 116 valence electrons. The van der Waals surface area contributed by atoms with Crippen LogP contribution in [0.25, 0.3) is 11.5 Å². The van der Waals surface area contributed by atoms with Gasteiger partial charge in [-0.05, 0) is 13.3 Å². The zero-order chi connectivity index (χ0) is 15.5. The third-order valence-electron chi connectivity index (χ3n) is 4.03. The fourth-order valence-corrected chi connectivity index (χ4v) is 2.51. The van der Waals surface area contributed by atoms with Crippen LogP contribution < -0.4 is 0 Å². The van der Waals surface area contributed by atoms with Crippen LogP contribution in [-0.4, -0.2) is 29.3 Å². The maximum atomic E-state index is 4.48. The molecule has 0 aliphatic carbocycles. The molecule has 0 aromatic carbocycles. The van der Waals surface area contributed by atoms with Crippen LogP contribution in [0.3, 0.4) is 0 Å². The molecule has 1 N–H and O–H groups in total. The Balaban J connectivity index is 1.82. The first kappa shape index (κ1) is 14.6. The summed E-state index contributed by atoms with van der Waals surface area (Å²) in [4.78, 5) is 12.3. The molecule has 6 nitrogen and oxygen atoms in total. The Hall–Kier alpha value is -2.37. The number of H-pyrrole nitrogens is 1. The third-order valence-corrected chi connectivity index (χ3v) is 4.03. The molecule has 0 aliphatic rings. The first-order valence-electron chi connectivity index (χ1n) is 7.72. The zero-order valence-electron chi connectivity index (χ0n) is 13.4. The second-order valence-electron chi connectivity index (χ2n) is 5.60. The summed E-state index contributed by atoms with van der Waals surface area (Å²) < 4.78 is 4.02. The van der Waals surface area contributed by atoms with Gasteiger partial charge in [0.2, 0.25) is 0 Å². The lowest BCUT2D eigenvalue weighted by Gasteiger charge is -2.06. The van der Waals surface area contributed by atoms with Crippen LogP contribution in [-0.2, 0) is 20.0 Å². The van der Waals surface area contributed by atoms with E-state index in [0.29, 0.717) is 0 Å². The number of aromatic nitrogens is 6. The Morgan fingerprint density at radius 1 is 1.23 bits per heavy atom. The van der Waals surface area contributed by atoms with Crippen molar-refractivity contribution in [1.82, 2.24) is 29.3 Å². The van der Waals surface area contributed by atoms with E-state index in [1.54, 1.807) is 0 Å². The second-order valence-corrected chi connectivity index (χ2v) is 5.60.